The van der Waals surface area contributed by atoms with Crippen molar-refractivity contribution < 1.29 is 4.74 Å². The van der Waals surface area contributed by atoms with Gasteiger partial charge in [0.2, 0.25) is 0 Å². The van der Waals surface area contributed by atoms with E-state index in [1.807, 2.05) is 66.3 Å². The molecule has 0 unspecified atom stereocenters. The maximum absolute atomic E-state index is 5.52. The second-order valence-electron chi connectivity index (χ2n) is 6.53. The van der Waals surface area contributed by atoms with Gasteiger partial charge in [0.05, 0.1) is 18.3 Å². The van der Waals surface area contributed by atoms with E-state index in [0.29, 0.717) is 0 Å². The Balaban J connectivity index is 1.76. The Morgan fingerprint density at radius 1 is 1.04 bits per heavy atom. The minimum absolute atomic E-state index is 0.153. The Labute approximate surface area is 158 Å². The summed E-state index contributed by atoms with van der Waals surface area (Å²) >= 11 is 0. The molecule has 136 valence electrons. The average Bonchev–Trinajstić information content (AvgIpc) is 3.04. The van der Waals surface area contributed by atoms with Crippen LogP contribution in [-0.4, -0.2) is 21.9 Å². The molecule has 2 aromatic carbocycles. The van der Waals surface area contributed by atoms with Gasteiger partial charge in [0.25, 0.3) is 0 Å². The van der Waals surface area contributed by atoms with Crippen LogP contribution >= 0.6 is 0 Å². The van der Waals surface area contributed by atoms with Gasteiger partial charge < -0.3 is 10.1 Å². The lowest BCUT2D eigenvalue weighted by Crippen LogP contribution is -2.08. The van der Waals surface area contributed by atoms with Crippen molar-refractivity contribution in [1.82, 2.24) is 14.8 Å². The number of pyridine rings is 1. The number of hydrogen-bond acceptors (Lipinski definition) is 4. The standard InChI is InChI=1S/C22H22N4O/c1-15(17-9-5-4-6-10-17)24-22-13-20-18(14-23-22)16(2)25-26(20)19-11-7-8-12-21(19)27-3/h4-15H,1-3H3,(H,23,24)/t15-/m0/s1. The van der Waals surface area contributed by atoms with Crippen LogP contribution in [0.1, 0.15) is 24.2 Å². The van der Waals surface area contributed by atoms with E-state index in [2.05, 4.69) is 29.4 Å². The van der Waals surface area contributed by atoms with Crippen LogP contribution in [0.15, 0.2) is 66.9 Å². The third-order valence-electron chi connectivity index (χ3n) is 4.73. The molecule has 1 N–H and O–H groups in total. The van der Waals surface area contributed by atoms with Crippen molar-refractivity contribution in [3.8, 4) is 11.4 Å². The zero-order valence-corrected chi connectivity index (χ0v) is 15.7. The summed E-state index contributed by atoms with van der Waals surface area (Å²) < 4.78 is 7.44. The fraction of sp³-hybridized carbons (Fsp3) is 0.182. The molecule has 1 atom stereocenters. The van der Waals surface area contributed by atoms with Crippen LogP contribution in [-0.2, 0) is 0 Å². The number of anilines is 1. The molecule has 4 rings (SSSR count). The molecule has 5 nitrogen and oxygen atoms in total. The average molecular weight is 358 g/mol. The molecule has 5 heteroatoms. The summed E-state index contributed by atoms with van der Waals surface area (Å²) in [6.45, 7) is 4.12. The van der Waals surface area contributed by atoms with E-state index in [4.69, 9.17) is 9.84 Å². The lowest BCUT2D eigenvalue weighted by atomic mass is 10.1. The molecule has 0 aliphatic heterocycles. The van der Waals surface area contributed by atoms with E-state index < -0.39 is 0 Å². The van der Waals surface area contributed by atoms with Crippen LogP contribution in [0.3, 0.4) is 0 Å². The van der Waals surface area contributed by atoms with E-state index in [-0.39, 0.29) is 6.04 Å². The van der Waals surface area contributed by atoms with Crippen LogP contribution in [0, 0.1) is 6.92 Å². The van der Waals surface area contributed by atoms with Crippen molar-refractivity contribution in [2.24, 2.45) is 0 Å². The SMILES string of the molecule is COc1ccccc1-n1nc(C)c2cnc(N[C@@H](C)c3ccccc3)cc21. The van der Waals surface area contributed by atoms with Crippen LogP contribution < -0.4 is 10.1 Å². The second-order valence-corrected chi connectivity index (χ2v) is 6.53. The number of nitrogens with zero attached hydrogens (tertiary/aromatic N) is 3. The molecule has 0 spiro atoms. The van der Waals surface area contributed by atoms with Gasteiger partial charge in [0, 0.05) is 23.7 Å². The van der Waals surface area contributed by atoms with Gasteiger partial charge in [-0.05, 0) is 31.5 Å². The highest BCUT2D eigenvalue weighted by atomic mass is 16.5. The summed E-state index contributed by atoms with van der Waals surface area (Å²) in [5, 5.41) is 9.23. The number of methoxy groups -OCH3 is 1. The molecule has 0 bridgehead atoms. The zero-order chi connectivity index (χ0) is 18.8. The maximum atomic E-state index is 5.52. The van der Waals surface area contributed by atoms with Crippen molar-refractivity contribution in [2.45, 2.75) is 19.9 Å². The molecule has 0 aliphatic rings. The van der Waals surface area contributed by atoms with Gasteiger partial charge in [-0.25, -0.2) is 9.67 Å². The van der Waals surface area contributed by atoms with Crippen molar-refractivity contribution >= 4 is 16.7 Å². The first-order chi connectivity index (χ1) is 13.2. The van der Waals surface area contributed by atoms with Gasteiger partial charge in [-0.3, -0.25) is 0 Å². The molecule has 0 saturated heterocycles. The van der Waals surface area contributed by atoms with Crippen molar-refractivity contribution in [3.63, 3.8) is 0 Å². The molecule has 4 aromatic rings. The normalized spacial score (nSPS) is 12.1. The maximum Gasteiger partial charge on any atom is 0.144 e. The number of aryl methyl sites for hydroxylation is 1. The molecular formula is C22H22N4O. The fourth-order valence-electron chi connectivity index (χ4n) is 3.27. The summed E-state index contributed by atoms with van der Waals surface area (Å²) in [7, 11) is 1.67. The minimum atomic E-state index is 0.153. The predicted molar refractivity (Wildman–Crippen MR) is 109 cm³/mol. The number of hydrogen-bond donors (Lipinski definition) is 1. The lowest BCUT2D eigenvalue weighted by Gasteiger charge is -2.15. The fourth-order valence-corrected chi connectivity index (χ4v) is 3.27. The van der Waals surface area contributed by atoms with Crippen LogP contribution in [0.25, 0.3) is 16.6 Å². The largest absolute Gasteiger partial charge is 0.494 e. The first-order valence-corrected chi connectivity index (χ1v) is 8.97. The number of fused-ring (bicyclic) bond motifs is 1. The first-order valence-electron chi connectivity index (χ1n) is 8.97. The highest BCUT2D eigenvalue weighted by Crippen LogP contribution is 2.29. The number of para-hydroxylation sites is 2. The van der Waals surface area contributed by atoms with E-state index in [0.717, 1.165) is 33.9 Å². The Morgan fingerprint density at radius 3 is 2.56 bits per heavy atom. The smallest absolute Gasteiger partial charge is 0.144 e. The Kier molecular flexibility index (Phi) is 4.50. The first kappa shape index (κ1) is 17.1. The number of nitrogens with one attached hydrogen (secondary N) is 1. The molecule has 0 radical (unpaired) electrons. The number of ether oxygens (including phenoxy) is 1. The van der Waals surface area contributed by atoms with Gasteiger partial charge in [0.15, 0.2) is 0 Å². The van der Waals surface area contributed by atoms with Crippen LogP contribution in [0.2, 0.25) is 0 Å². The van der Waals surface area contributed by atoms with Crippen molar-refractivity contribution in [2.75, 3.05) is 12.4 Å². The highest BCUT2D eigenvalue weighted by Gasteiger charge is 2.14. The molecule has 2 heterocycles. The third-order valence-corrected chi connectivity index (χ3v) is 4.73. The molecule has 27 heavy (non-hydrogen) atoms. The van der Waals surface area contributed by atoms with Crippen molar-refractivity contribution in [1.29, 1.82) is 0 Å². The Hall–Kier alpha value is -3.34. The predicted octanol–water partition coefficient (Wildman–Crippen LogP) is 4.91. The van der Waals surface area contributed by atoms with Gasteiger partial charge in [-0.1, -0.05) is 42.5 Å². The minimum Gasteiger partial charge on any atom is -0.494 e. The molecule has 0 saturated carbocycles. The molecule has 0 aliphatic carbocycles. The number of aromatic nitrogens is 3. The van der Waals surface area contributed by atoms with E-state index in [9.17, 15) is 0 Å². The van der Waals surface area contributed by atoms with Crippen LogP contribution in [0.5, 0.6) is 5.75 Å². The Morgan fingerprint density at radius 2 is 1.78 bits per heavy atom. The monoisotopic (exact) mass is 358 g/mol. The van der Waals surface area contributed by atoms with Crippen LogP contribution in [0.4, 0.5) is 5.82 Å². The van der Waals surface area contributed by atoms with Gasteiger partial charge in [-0.15, -0.1) is 0 Å². The molecule has 2 aromatic heterocycles. The van der Waals surface area contributed by atoms with Gasteiger partial charge >= 0.3 is 0 Å². The highest BCUT2D eigenvalue weighted by molar-refractivity contribution is 5.85. The summed E-state index contributed by atoms with van der Waals surface area (Å²) in [5.74, 6) is 1.60. The summed E-state index contributed by atoms with van der Waals surface area (Å²) in [6, 6.07) is 20.4. The Bertz CT molecular complexity index is 1070. The van der Waals surface area contributed by atoms with E-state index >= 15 is 0 Å². The molecule has 0 fully saturated rings. The van der Waals surface area contributed by atoms with Gasteiger partial charge in [0.1, 0.15) is 17.3 Å². The topological polar surface area (TPSA) is 52.0 Å². The zero-order valence-electron chi connectivity index (χ0n) is 15.7. The molecular weight excluding hydrogens is 336 g/mol. The van der Waals surface area contributed by atoms with E-state index in [1.54, 1.807) is 7.11 Å². The van der Waals surface area contributed by atoms with Gasteiger partial charge in [-0.2, -0.15) is 5.10 Å². The summed E-state index contributed by atoms with van der Waals surface area (Å²) in [6.07, 6.45) is 1.88. The van der Waals surface area contributed by atoms with Crippen molar-refractivity contribution in [3.05, 3.63) is 78.1 Å². The second kappa shape index (κ2) is 7.11. The molecule has 0 amide bonds. The number of rotatable bonds is 5. The number of benzene rings is 2. The van der Waals surface area contributed by atoms with E-state index in [1.165, 1.54) is 5.56 Å². The summed E-state index contributed by atoms with van der Waals surface area (Å²) in [5.41, 5.74) is 4.06. The summed E-state index contributed by atoms with van der Waals surface area (Å²) in [4.78, 5) is 4.59. The third kappa shape index (κ3) is 3.24. The lowest BCUT2D eigenvalue weighted by molar-refractivity contribution is 0.412. The quantitative estimate of drug-likeness (QED) is 0.551.